The minimum absolute atomic E-state index is 0.419. The molecular formula is C21H23N3OS. The number of likely N-dealkylation sites (tertiary alicyclic amines) is 1. The molecule has 3 aromatic rings. The molecule has 0 atom stereocenters. The Morgan fingerprint density at radius 2 is 1.85 bits per heavy atom. The van der Waals surface area contributed by atoms with E-state index in [0.717, 1.165) is 27.2 Å². The number of carbonyl (C=O) groups is 1. The molecule has 134 valence electrons. The topological polar surface area (TPSA) is 62.1 Å². The van der Waals surface area contributed by atoms with Crippen LogP contribution >= 0.6 is 11.8 Å². The van der Waals surface area contributed by atoms with Gasteiger partial charge in [-0.3, -0.25) is 9.69 Å². The predicted molar refractivity (Wildman–Crippen MR) is 107 cm³/mol. The van der Waals surface area contributed by atoms with Gasteiger partial charge in [-0.1, -0.05) is 42.4 Å². The van der Waals surface area contributed by atoms with Crippen molar-refractivity contribution in [3.05, 3.63) is 59.8 Å². The van der Waals surface area contributed by atoms with Crippen molar-refractivity contribution in [2.45, 2.75) is 35.6 Å². The highest BCUT2D eigenvalue weighted by Crippen LogP contribution is 2.37. The van der Waals surface area contributed by atoms with Crippen LogP contribution in [-0.4, -0.2) is 28.9 Å². The molecule has 1 aromatic heterocycles. The molecule has 26 heavy (non-hydrogen) atoms. The van der Waals surface area contributed by atoms with Gasteiger partial charge in [0.15, 0.2) is 0 Å². The number of aromatic amines is 1. The van der Waals surface area contributed by atoms with Crippen molar-refractivity contribution >= 4 is 28.6 Å². The first-order valence-electron chi connectivity index (χ1n) is 9.10. The van der Waals surface area contributed by atoms with Crippen LogP contribution in [0.5, 0.6) is 0 Å². The number of piperidine rings is 1. The maximum atomic E-state index is 12.0. The average Bonchev–Trinajstić information content (AvgIpc) is 3.02. The van der Waals surface area contributed by atoms with E-state index < -0.39 is 5.91 Å². The van der Waals surface area contributed by atoms with E-state index in [2.05, 4.69) is 28.1 Å². The van der Waals surface area contributed by atoms with Crippen LogP contribution in [0.3, 0.4) is 0 Å². The molecule has 2 aromatic carbocycles. The van der Waals surface area contributed by atoms with Crippen molar-refractivity contribution in [1.29, 1.82) is 0 Å². The number of amides is 1. The Labute approximate surface area is 157 Å². The first kappa shape index (κ1) is 17.2. The number of nitrogens with one attached hydrogen (secondary N) is 1. The van der Waals surface area contributed by atoms with Gasteiger partial charge >= 0.3 is 0 Å². The minimum Gasteiger partial charge on any atom is -0.364 e. The maximum absolute atomic E-state index is 12.0. The van der Waals surface area contributed by atoms with E-state index in [1.54, 1.807) is 11.8 Å². The predicted octanol–water partition coefficient (Wildman–Crippen LogP) is 4.40. The highest BCUT2D eigenvalue weighted by atomic mass is 32.2. The van der Waals surface area contributed by atoms with Crippen molar-refractivity contribution < 1.29 is 4.79 Å². The Balaban J connectivity index is 1.70. The fourth-order valence-electron chi connectivity index (χ4n) is 3.57. The molecule has 2 heterocycles. The normalized spacial score (nSPS) is 15.4. The third kappa shape index (κ3) is 3.64. The minimum atomic E-state index is -0.419. The number of nitrogens with two attached hydrogens (primary N) is 1. The highest BCUT2D eigenvalue weighted by Gasteiger charge is 2.18. The van der Waals surface area contributed by atoms with Crippen molar-refractivity contribution in [2.75, 3.05) is 13.1 Å². The molecule has 0 spiro atoms. The van der Waals surface area contributed by atoms with Gasteiger partial charge in [0.1, 0.15) is 5.69 Å². The SMILES string of the molecule is NC(=O)c1[nH]c2ccc(CN3CCCCC3)cc2c1Sc1ccccc1. The lowest BCUT2D eigenvalue weighted by atomic mass is 10.1. The number of hydrogen-bond acceptors (Lipinski definition) is 3. The summed E-state index contributed by atoms with van der Waals surface area (Å²) >= 11 is 1.59. The Morgan fingerprint density at radius 3 is 2.58 bits per heavy atom. The van der Waals surface area contributed by atoms with Crippen LogP contribution in [0.4, 0.5) is 0 Å². The smallest absolute Gasteiger partial charge is 0.266 e. The first-order chi connectivity index (χ1) is 12.7. The highest BCUT2D eigenvalue weighted by molar-refractivity contribution is 7.99. The van der Waals surface area contributed by atoms with Gasteiger partial charge in [-0.05, 0) is 55.8 Å². The fourth-order valence-corrected chi connectivity index (χ4v) is 4.64. The van der Waals surface area contributed by atoms with E-state index >= 15 is 0 Å². The Bertz CT molecular complexity index is 914. The number of rotatable bonds is 5. The summed E-state index contributed by atoms with van der Waals surface area (Å²) in [6, 6.07) is 16.5. The molecule has 1 amide bonds. The van der Waals surface area contributed by atoms with Gasteiger partial charge < -0.3 is 10.7 Å². The second-order valence-corrected chi connectivity index (χ2v) is 7.91. The summed E-state index contributed by atoms with van der Waals surface area (Å²) in [4.78, 5) is 19.7. The van der Waals surface area contributed by atoms with Crippen LogP contribution in [0.2, 0.25) is 0 Å². The molecule has 1 saturated heterocycles. The quantitative estimate of drug-likeness (QED) is 0.704. The average molecular weight is 366 g/mol. The Morgan fingerprint density at radius 1 is 1.08 bits per heavy atom. The van der Waals surface area contributed by atoms with Gasteiger partial charge in [-0.15, -0.1) is 0 Å². The third-order valence-electron chi connectivity index (χ3n) is 4.88. The van der Waals surface area contributed by atoms with Crippen molar-refractivity contribution in [2.24, 2.45) is 5.73 Å². The number of carbonyl (C=O) groups excluding carboxylic acids is 1. The molecule has 0 bridgehead atoms. The number of benzene rings is 2. The maximum Gasteiger partial charge on any atom is 0.266 e. The number of primary amides is 1. The molecule has 1 aliphatic heterocycles. The summed E-state index contributed by atoms with van der Waals surface area (Å²) in [6.07, 6.45) is 3.91. The standard InChI is InChI=1S/C21H23N3OS/c22-21(25)19-20(26-16-7-3-1-4-8-16)17-13-15(9-10-18(17)23-19)14-24-11-5-2-6-12-24/h1,3-4,7-10,13,23H,2,5-6,11-12,14H2,(H2,22,25). The van der Waals surface area contributed by atoms with Crippen LogP contribution in [0.15, 0.2) is 58.3 Å². The van der Waals surface area contributed by atoms with Crippen LogP contribution in [-0.2, 0) is 6.54 Å². The van der Waals surface area contributed by atoms with Gasteiger partial charge in [0.25, 0.3) is 5.91 Å². The first-order valence-corrected chi connectivity index (χ1v) is 9.92. The molecule has 0 radical (unpaired) electrons. The lowest BCUT2D eigenvalue weighted by Gasteiger charge is -2.26. The molecule has 0 unspecified atom stereocenters. The summed E-state index contributed by atoms with van der Waals surface area (Å²) in [5, 5.41) is 1.07. The van der Waals surface area contributed by atoms with E-state index in [0.29, 0.717) is 5.69 Å². The van der Waals surface area contributed by atoms with Crippen LogP contribution in [0.25, 0.3) is 10.9 Å². The Kier molecular flexibility index (Phi) is 5.00. The molecule has 4 nitrogen and oxygen atoms in total. The molecule has 0 aliphatic carbocycles. The molecule has 5 heteroatoms. The molecule has 0 saturated carbocycles. The van der Waals surface area contributed by atoms with Crippen LogP contribution in [0, 0.1) is 0 Å². The number of aromatic nitrogens is 1. The van der Waals surface area contributed by atoms with E-state index in [-0.39, 0.29) is 0 Å². The van der Waals surface area contributed by atoms with Gasteiger partial charge in [0, 0.05) is 22.3 Å². The summed E-state index contributed by atoms with van der Waals surface area (Å²) in [7, 11) is 0. The monoisotopic (exact) mass is 365 g/mol. The zero-order valence-electron chi connectivity index (χ0n) is 14.7. The summed E-state index contributed by atoms with van der Waals surface area (Å²) in [5.74, 6) is -0.419. The van der Waals surface area contributed by atoms with Gasteiger partial charge in [-0.25, -0.2) is 0 Å². The zero-order valence-corrected chi connectivity index (χ0v) is 15.5. The van der Waals surface area contributed by atoms with E-state index in [1.807, 2.05) is 30.3 Å². The number of hydrogen-bond donors (Lipinski definition) is 2. The van der Waals surface area contributed by atoms with E-state index in [9.17, 15) is 4.79 Å². The summed E-state index contributed by atoms with van der Waals surface area (Å²) in [6.45, 7) is 3.30. The van der Waals surface area contributed by atoms with Crippen LogP contribution in [0.1, 0.15) is 35.3 Å². The van der Waals surface area contributed by atoms with Crippen LogP contribution < -0.4 is 5.73 Å². The molecule has 1 aliphatic rings. The second kappa shape index (κ2) is 7.56. The van der Waals surface area contributed by atoms with Gasteiger partial charge in [0.05, 0.1) is 4.90 Å². The van der Waals surface area contributed by atoms with E-state index in [4.69, 9.17) is 5.73 Å². The van der Waals surface area contributed by atoms with Gasteiger partial charge in [0.2, 0.25) is 0 Å². The van der Waals surface area contributed by atoms with Crippen molar-refractivity contribution in [3.63, 3.8) is 0 Å². The van der Waals surface area contributed by atoms with Gasteiger partial charge in [-0.2, -0.15) is 0 Å². The molecule has 3 N–H and O–H groups in total. The second-order valence-electron chi connectivity index (χ2n) is 6.83. The zero-order chi connectivity index (χ0) is 17.9. The summed E-state index contributed by atoms with van der Waals surface area (Å²) in [5.41, 5.74) is 8.36. The Hall–Kier alpha value is -2.24. The third-order valence-corrected chi connectivity index (χ3v) is 6.02. The van der Waals surface area contributed by atoms with E-state index in [1.165, 1.54) is 37.9 Å². The fraction of sp³-hybridized carbons (Fsp3) is 0.286. The number of H-pyrrole nitrogens is 1. The molecule has 4 rings (SSSR count). The van der Waals surface area contributed by atoms with Crippen molar-refractivity contribution in [3.8, 4) is 0 Å². The lowest BCUT2D eigenvalue weighted by Crippen LogP contribution is -2.29. The lowest BCUT2D eigenvalue weighted by molar-refractivity contribution is 0.0993. The van der Waals surface area contributed by atoms with Crippen molar-refractivity contribution in [1.82, 2.24) is 9.88 Å². The number of fused-ring (bicyclic) bond motifs is 1. The summed E-state index contributed by atoms with van der Waals surface area (Å²) < 4.78 is 0. The number of nitrogens with zero attached hydrogens (tertiary/aromatic N) is 1. The molecule has 1 fully saturated rings. The molecular weight excluding hydrogens is 342 g/mol. The largest absolute Gasteiger partial charge is 0.364 e.